The number of nitrogens with one attached hydrogen (secondary N) is 1. The van der Waals surface area contributed by atoms with Gasteiger partial charge in [0.15, 0.2) is 5.76 Å². The van der Waals surface area contributed by atoms with Crippen molar-refractivity contribution >= 4 is 11.9 Å². The zero-order valence-electron chi connectivity index (χ0n) is 13.9. The summed E-state index contributed by atoms with van der Waals surface area (Å²) in [4.78, 5) is 26.8. The van der Waals surface area contributed by atoms with Crippen molar-refractivity contribution in [3.05, 3.63) is 53.4 Å². The molecule has 24 heavy (non-hydrogen) atoms. The Morgan fingerprint density at radius 2 is 2.00 bits per heavy atom. The van der Waals surface area contributed by atoms with Gasteiger partial charge in [0.1, 0.15) is 5.54 Å². The molecule has 1 atom stereocenters. The fraction of sp³-hybridized carbons (Fsp3) is 0.389. The maximum Gasteiger partial charge on any atom is 0.325 e. The van der Waals surface area contributed by atoms with Crippen LogP contribution in [0.4, 0.5) is 4.79 Å². The summed E-state index contributed by atoms with van der Waals surface area (Å²) in [5.74, 6) is 0.261. The number of carbonyl (C=O) groups excluding carboxylic acids is 2. The molecule has 1 aliphatic rings. The van der Waals surface area contributed by atoms with E-state index < -0.39 is 11.6 Å². The van der Waals surface area contributed by atoms with Crippen molar-refractivity contribution in [2.24, 2.45) is 0 Å². The molecule has 3 rings (SSSR count). The Kier molecular flexibility index (Phi) is 4.38. The summed E-state index contributed by atoms with van der Waals surface area (Å²) in [5.41, 5.74) is 0.536. The highest BCUT2D eigenvalue weighted by Crippen LogP contribution is 2.34. The summed E-state index contributed by atoms with van der Waals surface area (Å²) in [5, 5.41) is 6.73. The summed E-state index contributed by atoms with van der Waals surface area (Å²) in [7, 11) is 0. The Morgan fingerprint density at radius 1 is 1.25 bits per heavy atom. The molecule has 1 saturated heterocycles. The molecule has 0 radical (unpaired) electrons. The van der Waals surface area contributed by atoms with Crippen molar-refractivity contribution in [2.45, 2.75) is 45.2 Å². The minimum Gasteiger partial charge on any atom is -0.359 e. The number of imide groups is 1. The number of hydrogen-bond donors (Lipinski definition) is 1. The fourth-order valence-corrected chi connectivity index (χ4v) is 3.09. The lowest BCUT2D eigenvalue weighted by Crippen LogP contribution is -2.44. The van der Waals surface area contributed by atoms with Crippen molar-refractivity contribution in [3.63, 3.8) is 0 Å². The van der Waals surface area contributed by atoms with Crippen LogP contribution in [0.25, 0.3) is 0 Å². The highest BCUT2D eigenvalue weighted by molar-refractivity contribution is 6.07. The summed E-state index contributed by atoms with van der Waals surface area (Å²) in [6.45, 7) is 3.95. The van der Waals surface area contributed by atoms with Gasteiger partial charge in [-0.15, -0.1) is 0 Å². The molecule has 0 bridgehead atoms. The Labute approximate surface area is 140 Å². The normalized spacial score (nSPS) is 20.5. The number of carbonyl (C=O) groups is 2. The standard InChI is InChI=1S/C18H21N3O3/c1-3-4-10-18(14-8-6-5-7-9-14)16(22)21(17(23)19-18)12-15-11-13(2)20-24-15/h5-9,11H,3-4,10,12H2,1-2H3,(H,19,23). The molecule has 0 saturated carbocycles. The first-order chi connectivity index (χ1) is 11.6. The molecule has 0 spiro atoms. The zero-order chi connectivity index (χ0) is 17.2. The Morgan fingerprint density at radius 3 is 2.62 bits per heavy atom. The number of aromatic nitrogens is 1. The zero-order valence-corrected chi connectivity index (χ0v) is 13.9. The minimum absolute atomic E-state index is 0.0895. The molecule has 6 heteroatoms. The minimum atomic E-state index is -0.997. The largest absolute Gasteiger partial charge is 0.359 e. The van der Waals surface area contributed by atoms with E-state index >= 15 is 0 Å². The van der Waals surface area contributed by atoms with E-state index in [0.29, 0.717) is 12.2 Å². The van der Waals surface area contributed by atoms with Gasteiger partial charge < -0.3 is 9.84 Å². The van der Waals surface area contributed by atoms with Crippen LogP contribution in [0.5, 0.6) is 0 Å². The van der Waals surface area contributed by atoms with E-state index in [4.69, 9.17) is 4.52 Å². The number of rotatable bonds is 6. The quantitative estimate of drug-likeness (QED) is 0.827. The number of amides is 3. The van der Waals surface area contributed by atoms with E-state index in [-0.39, 0.29) is 12.5 Å². The third-order valence-corrected chi connectivity index (χ3v) is 4.34. The van der Waals surface area contributed by atoms with Gasteiger partial charge in [-0.2, -0.15) is 0 Å². The molecule has 1 unspecified atom stereocenters. The second kappa shape index (κ2) is 6.47. The molecule has 126 valence electrons. The highest BCUT2D eigenvalue weighted by Gasteiger charge is 2.51. The first-order valence-electron chi connectivity index (χ1n) is 8.18. The fourth-order valence-electron chi connectivity index (χ4n) is 3.09. The predicted octanol–water partition coefficient (Wildman–Crippen LogP) is 3.12. The van der Waals surface area contributed by atoms with Gasteiger partial charge in [-0.05, 0) is 18.9 Å². The molecule has 6 nitrogen and oxygen atoms in total. The van der Waals surface area contributed by atoms with Crippen LogP contribution in [0, 0.1) is 6.92 Å². The molecule has 1 N–H and O–H groups in total. The van der Waals surface area contributed by atoms with Gasteiger partial charge in [0, 0.05) is 6.07 Å². The second-order valence-corrected chi connectivity index (χ2v) is 6.13. The van der Waals surface area contributed by atoms with Gasteiger partial charge in [-0.1, -0.05) is 55.3 Å². The van der Waals surface area contributed by atoms with Crippen LogP contribution in [0.2, 0.25) is 0 Å². The van der Waals surface area contributed by atoms with Crippen molar-refractivity contribution < 1.29 is 14.1 Å². The smallest absolute Gasteiger partial charge is 0.325 e. The summed E-state index contributed by atoms with van der Waals surface area (Å²) in [6.07, 6.45) is 2.36. The SMILES string of the molecule is CCCCC1(c2ccccc2)NC(=O)N(Cc2cc(C)no2)C1=O. The third-order valence-electron chi connectivity index (χ3n) is 4.34. The lowest BCUT2D eigenvalue weighted by Gasteiger charge is -2.27. The molecule has 1 aliphatic heterocycles. The molecule has 0 aliphatic carbocycles. The Balaban J connectivity index is 1.93. The van der Waals surface area contributed by atoms with Crippen LogP contribution in [0.1, 0.15) is 43.2 Å². The molecule has 2 heterocycles. The maximum absolute atomic E-state index is 13.1. The van der Waals surface area contributed by atoms with Crippen molar-refractivity contribution in [1.82, 2.24) is 15.4 Å². The third kappa shape index (κ3) is 2.79. The van der Waals surface area contributed by atoms with Crippen molar-refractivity contribution in [3.8, 4) is 0 Å². The first kappa shape index (κ1) is 16.2. The average molecular weight is 327 g/mol. The number of urea groups is 1. The predicted molar refractivity (Wildman–Crippen MR) is 88.0 cm³/mol. The number of aryl methyl sites for hydroxylation is 1. The summed E-state index contributed by atoms with van der Waals surface area (Å²) < 4.78 is 5.15. The van der Waals surface area contributed by atoms with Crippen molar-refractivity contribution in [2.75, 3.05) is 0 Å². The molecule has 2 aromatic rings. The van der Waals surface area contributed by atoms with Gasteiger partial charge in [0.05, 0.1) is 12.2 Å². The van der Waals surface area contributed by atoms with Crippen LogP contribution in [-0.2, 0) is 16.9 Å². The molecule has 3 amide bonds. The van der Waals surface area contributed by atoms with Crippen LogP contribution in [0.15, 0.2) is 40.9 Å². The van der Waals surface area contributed by atoms with Crippen LogP contribution >= 0.6 is 0 Å². The molecular formula is C18H21N3O3. The molecular weight excluding hydrogens is 306 g/mol. The van der Waals surface area contributed by atoms with Gasteiger partial charge in [0.2, 0.25) is 0 Å². The van der Waals surface area contributed by atoms with Crippen LogP contribution < -0.4 is 5.32 Å². The maximum atomic E-state index is 13.1. The highest BCUT2D eigenvalue weighted by atomic mass is 16.5. The van der Waals surface area contributed by atoms with Gasteiger partial charge >= 0.3 is 6.03 Å². The van der Waals surface area contributed by atoms with E-state index in [1.165, 1.54) is 4.90 Å². The van der Waals surface area contributed by atoms with E-state index in [9.17, 15) is 9.59 Å². The Hall–Kier alpha value is -2.63. The van der Waals surface area contributed by atoms with Crippen LogP contribution in [-0.4, -0.2) is 22.0 Å². The molecule has 1 aromatic carbocycles. The molecule has 1 fully saturated rings. The summed E-state index contributed by atoms with van der Waals surface area (Å²) >= 11 is 0. The lowest BCUT2D eigenvalue weighted by molar-refractivity contribution is -0.132. The average Bonchev–Trinajstić information content (AvgIpc) is 3.11. The van der Waals surface area contributed by atoms with Crippen molar-refractivity contribution in [1.29, 1.82) is 0 Å². The number of unbranched alkanes of at least 4 members (excludes halogenated alkanes) is 1. The summed E-state index contributed by atoms with van der Waals surface area (Å²) in [6, 6.07) is 10.8. The number of benzene rings is 1. The van der Waals surface area contributed by atoms with Gasteiger partial charge in [-0.25, -0.2) is 4.79 Å². The Bertz CT molecular complexity index is 741. The van der Waals surface area contributed by atoms with E-state index in [2.05, 4.69) is 17.4 Å². The van der Waals surface area contributed by atoms with Gasteiger partial charge in [0.25, 0.3) is 5.91 Å². The van der Waals surface area contributed by atoms with E-state index in [0.717, 1.165) is 24.1 Å². The first-order valence-corrected chi connectivity index (χ1v) is 8.18. The number of hydrogen-bond acceptors (Lipinski definition) is 4. The molecule has 1 aromatic heterocycles. The topological polar surface area (TPSA) is 75.4 Å². The van der Waals surface area contributed by atoms with E-state index in [1.54, 1.807) is 13.0 Å². The van der Waals surface area contributed by atoms with Crippen LogP contribution in [0.3, 0.4) is 0 Å². The van der Waals surface area contributed by atoms with E-state index in [1.807, 2.05) is 30.3 Å². The second-order valence-electron chi connectivity index (χ2n) is 6.13. The lowest BCUT2D eigenvalue weighted by atomic mass is 9.85. The monoisotopic (exact) mass is 327 g/mol. The number of nitrogens with zero attached hydrogens (tertiary/aromatic N) is 2. The van der Waals surface area contributed by atoms with Gasteiger partial charge in [-0.3, -0.25) is 9.69 Å².